The van der Waals surface area contributed by atoms with Gasteiger partial charge in [-0.25, -0.2) is 0 Å². The summed E-state index contributed by atoms with van der Waals surface area (Å²) in [5.74, 6) is 0.309. The number of hydrogen-bond acceptors (Lipinski definition) is 4. The van der Waals surface area contributed by atoms with Crippen molar-refractivity contribution in [3.8, 4) is 5.75 Å². The van der Waals surface area contributed by atoms with Gasteiger partial charge in [0.25, 0.3) is 5.91 Å². The van der Waals surface area contributed by atoms with Crippen molar-refractivity contribution < 1.29 is 14.3 Å². The lowest BCUT2D eigenvalue weighted by molar-refractivity contribution is -0.128. The molecule has 0 spiro atoms. The van der Waals surface area contributed by atoms with Crippen molar-refractivity contribution in [2.75, 3.05) is 11.4 Å². The smallest absolute Gasteiger partial charge is 0.268 e. The number of halogens is 1. The molecule has 24 heavy (non-hydrogen) atoms. The zero-order valence-electron chi connectivity index (χ0n) is 13.7. The average molecular weight is 354 g/mol. The summed E-state index contributed by atoms with van der Waals surface area (Å²) in [7, 11) is 0. The van der Waals surface area contributed by atoms with Crippen molar-refractivity contribution >= 4 is 29.9 Å². The monoisotopic (exact) mass is 353 g/mol. The SMILES string of the molecule is CC1Oc2ccccc2N(CC(=O)NC2CCC(N)CC2)C1=O.Cl. The van der Waals surface area contributed by atoms with Crippen LogP contribution in [0.1, 0.15) is 32.6 Å². The summed E-state index contributed by atoms with van der Waals surface area (Å²) in [6.45, 7) is 1.72. The number of ether oxygens (including phenoxy) is 1. The molecule has 1 aliphatic heterocycles. The molecule has 132 valence electrons. The Labute approximate surface area is 148 Å². The molecule has 0 saturated heterocycles. The molecule has 1 aromatic carbocycles. The van der Waals surface area contributed by atoms with Crippen molar-refractivity contribution in [3.63, 3.8) is 0 Å². The van der Waals surface area contributed by atoms with Crippen LogP contribution < -0.4 is 20.7 Å². The number of nitrogens with zero attached hydrogens (tertiary/aromatic N) is 1. The van der Waals surface area contributed by atoms with Gasteiger partial charge in [0.2, 0.25) is 5.91 Å². The number of para-hydroxylation sites is 2. The van der Waals surface area contributed by atoms with Crippen molar-refractivity contribution in [1.82, 2.24) is 5.32 Å². The van der Waals surface area contributed by atoms with E-state index in [1.165, 1.54) is 4.90 Å². The average Bonchev–Trinajstić information content (AvgIpc) is 2.54. The van der Waals surface area contributed by atoms with Crippen molar-refractivity contribution in [2.24, 2.45) is 5.73 Å². The molecule has 2 amide bonds. The zero-order valence-corrected chi connectivity index (χ0v) is 14.6. The molecule has 0 radical (unpaired) electrons. The Kier molecular flexibility index (Phi) is 6.07. The first-order valence-electron chi connectivity index (χ1n) is 8.16. The van der Waals surface area contributed by atoms with E-state index in [0.29, 0.717) is 11.4 Å². The summed E-state index contributed by atoms with van der Waals surface area (Å²) in [6.07, 6.45) is 3.08. The van der Waals surface area contributed by atoms with Crippen molar-refractivity contribution in [3.05, 3.63) is 24.3 Å². The van der Waals surface area contributed by atoms with Gasteiger partial charge in [0, 0.05) is 12.1 Å². The van der Waals surface area contributed by atoms with Crippen LogP contribution in [0.3, 0.4) is 0 Å². The van der Waals surface area contributed by atoms with Crippen LogP contribution in [0.5, 0.6) is 5.75 Å². The molecular formula is C17H24ClN3O3. The number of hydrogen-bond donors (Lipinski definition) is 2. The fourth-order valence-corrected chi connectivity index (χ4v) is 3.20. The summed E-state index contributed by atoms with van der Waals surface area (Å²) in [5.41, 5.74) is 6.53. The van der Waals surface area contributed by atoms with Crippen LogP contribution in [0, 0.1) is 0 Å². The number of amides is 2. The summed E-state index contributed by atoms with van der Waals surface area (Å²) < 4.78 is 5.58. The largest absolute Gasteiger partial charge is 0.479 e. The maximum absolute atomic E-state index is 12.4. The predicted molar refractivity (Wildman–Crippen MR) is 94.5 cm³/mol. The first-order valence-corrected chi connectivity index (χ1v) is 8.16. The molecular weight excluding hydrogens is 330 g/mol. The molecule has 7 heteroatoms. The quantitative estimate of drug-likeness (QED) is 0.864. The first-order chi connectivity index (χ1) is 11.0. The molecule has 3 N–H and O–H groups in total. The number of benzene rings is 1. The summed E-state index contributed by atoms with van der Waals surface area (Å²) >= 11 is 0. The third-order valence-corrected chi connectivity index (χ3v) is 4.51. The second-order valence-corrected chi connectivity index (χ2v) is 6.33. The van der Waals surface area contributed by atoms with Gasteiger partial charge in [0.05, 0.1) is 5.69 Å². The number of fused-ring (bicyclic) bond motifs is 1. The third-order valence-electron chi connectivity index (χ3n) is 4.51. The Balaban J connectivity index is 0.00000208. The third kappa shape index (κ3) is 3.99. The second kappa shape index (κ2) is 7.85. The van der Waals surface area contributed by atoms with Crippen LogP contribution in [-0.4, -0.2) is 36.5 Å². The van der Waals surface area contributed by atoms with Crippen LogP contribution in [0.25, 0.3) is 0 Å². The number of nitrogens with two attached hydrogens (primary N) is 1. The van der Waals surface area contributed by atoms with Gasteiger partial charge >= 0.3 is 0 Å². The number of carbonyl (C=O) groups excluding carboxylic acids is 2. The molecule has 2 aliphatic rings. The van der Waals surface area contributed by atoms with Gasteiger partial charge in [-0.15, -0.1) is 12.4 Å². The predicted octanol–water partition coefficient (Wildman–Crippen LogP) is 1.61. The Hall–Kier alpha value is -1.79. The minimum atomic E-state index is -0.578. The van der Waals surface area contributed by atoms with Crippen LogP contribution in [0.2, 0.25) is 0 Å². The molecule has 1 heterocycles. The number of rotatable bonds is 3. The van der Waals surface area contributed by atoms with E-state index < -0.39 is 6.10 Å². The van der Waals surface area contributed by atoms with Crippen molar-refractivity contribution in [1.29, 1.82) is 0 Å². The van der Waals surface area contributed by atoms with E-state index >= 15 is 0 Å². The van der Waals surface area contributed by atoms with E-state index in [4.69, 9.17) is 10.5 Å². The molecule has 6 nitrogen and oxygen atoms in total. The highest BCUT2D eigenvalue weighted by molar-refractivity contribution is 6.03. The Morgan fingerprint density at radius 2 is 1.96 bits per heavy atom. The van der Waals surface area contributed by atoms with Gasteiger partial charge in [0.15, 0.2) is 6.10 Å². The summed E-state index contributed by atoms with van der Waals surface area (Å²) in [5, 5.41) is 3.02. The van der Waals surface area contributed by atoms with Gasteiger partial charge in [-0.3, -0.25) is 14.5 Å². The standard InChI is InChI=1S/C17H23N3O3.ClH/c1-11-17(22)20(14-4-2-3-5-15(14)23-11)10-16(21)19-13-8-6-12(18)7-9-13;/h2-5,11-13H,6-10,18H2,1H3,(H,19,21);1H. The minimum absolute atomic E-state index is 0. The van der Waals surface area contributed by atoms with E-state index in [0.717, 1.165) is 25.7 Å². The van der Waals surface area contributed by atoms with E-state index in [9.17, 15) is 9.59 Å². The molecule has 1 fully saturated rings. The molecule has 1 atom stereocenters. The van der Waals surface area contributed by atoms with Gasteiger partial charge in [-0.05, 0) is 44.7 Å². The molecule has 0 bridgehead atoms. The highest BCUT2D eigenvalue weighted by Crippen LogP contribution is 2.33. The van der Waals surface area contributed by atoms with E-state index in [2.05, 4.69) is 5.32 Å². The second-order valence-electron chi connectivity index (χ2n) is 6.33. The number of carbonyl (C=O) groups is 2. The van der Waals surface area contributed by atoms with Crippen molar-refractivity contribution in [2.45, 2.75) is 50.8 Å². The fraction of sp³-hybridized carbons (Fsp3) is 0.529. The molecule has 3 rings (SSSR count). The van der Waals surface area contributed by atoms with Crippen LogP contribution in [0.15, 0.2) is 24.3 Å². The van der Waals surface area contributed by atoms with E-state index in [1.807, 2.05) is 18.2 Å². The normalized spacial score (nSPS) is 26.0. The minimum Gasteiger partial charge on any atom is -0.479 e. The van der Waals surface area contributed by atoms with Gasteiger partial charge < -0.3 is 15.8 Å². The lowest BCUT2D eigenvalue weighted by Gasteiger charge is -2.33. The highest BCUT2D eigenvalue weighted by atomic mass is 35.5. The Bertz CT molecular complexity index is 602. The fourth-order valence-electron chi connectivity index (χ4n) is 3.20. The van der Waals surface area contributed by atoms with E-state index in [-0.39, 0.29) is 42.8 Å². The van der Waals surface area contributed by atoms with Crippen LogP contribution in [0.4, 0.5) is 5.69 Å². The molecule has 1 aliphatic carbocycles. The molecule has 1 saturated carbocycles. The maximum Gasteiger partial charge on any atom is 0.268 e. The Morgan fingerprint density at radius 1 is 1.29 bits per heavy atom. The molecule has 1 aromatic rings. The van der Waals surface area contributed by atoms with Gasteiger partial charge in [-0.1, -0.05) is 12.1 Å². The summed E-state index contributed by atoms with van der Waals surface area (Å²) in [6, 6.07) is 7.70. The maximum atomic E-state index is 12.4. The lowest BCUT2D eigenvalue weighted by Crippen LogP contribution is -2.50. The van der Waals surface area contributed by atoms with Crippen LogP contribution >= 0.6 is 12.4 Å². The number of anilines is 1. The highest BCUT2D eigenvalue weighted by Gasteiger charge is 2.33. The molecule has 1 unspecified atom stereocenters. The van der Waals surface area contributed by atoms with Gasteiger partial charge in [-0.2, -0.15) is 0 Å². The topological polar surface area (TPSA) is 84.7 Å². The molecule has 0 aromatic heterocycles. The lowest BCUT2D eigenvalue weighted by atomic mass is 9.92. The number of nitrogens with one attached hydrogen (secondary N) is 1. The summed E-state index contributed by atoms with van der Waals surface area (Å²) in [4.78, 5) is 26.2. The first kappa shape index (κ1) is 18.5. The van der Waals surface area contributed by atoms with Gasteiger partial charge in [0.1, 0.15) is 12.3 Å². The van der Waals surface area contributed by atoms with E-state index in [1.54, 1.807) is 13.0 Å². The van der Waals surface area contributed by atoms with Crippen LogP contribution in [-0.2, 0) is 9.59 Å². The Morgan fingerprint density at radius 3 is 2.67 bits per heavy atom. The zero-order chi connectivity index (χ0) is 16.4.